The van der Waals surface area contributed by atoms with E-state index in [-0.39, 0.29) is 5.57 Å². The third kappa shape index (κ3) is 3.71. The molecule has 0 aromatic heterocycles. The minimum Gasteiger partial charge on any atom is -0.335 e. The Morgan fingerprint density at radius 1 is 1.60 bits per heavy atom. The lowest BCUT2D eigenvalue weighted by atomic mass is 10.3. The van der Waals surface area contributed by atoms with Crippen molar-refractivity contribution < 1.29 is 13.6 Å². The Kier molecular flexibility index (Phi) is 4.02. The van der Waals surface area contributed by atoms with Crippen molar-refractivity contribution >= 4 is 12.5 Å². The fourth-order valence-electron chi connectivity index (χ4n) is 0.269. The van der Waals surface area contributed by atoms with Gasteiger partial charge in [0.05, 0.1) is 0 Å². The number of carbonyl (C=O) groups excluding carboxylic acids is 1. The van der Waals surface area contributed by atoms with Gasteiger partial charge in [-0.05, 0) is 0 Å². The molecule has 0 saturated carbocycles. The quantitative estimate of drug-likeness (QED) is 0.264. The SMILES string of the molecule is N=C/C(C=O)=C\NC(F)F. The van der Waals surface area contributed by atoms with Crippen molar-refractivity contribution in [3.8, 4) is 0 Å². The van der Waals surface area contributed by atoms with Gasteiger partial charge in [-0.2, -0.15) is 8.78 Å². The first-order chi connectivity index (χ1) is 4.70. The van der Waals surface area contributed by atoms with E-state index in [0.717, 1.165) is 6.20 Å². The average Bonchev–Trinajstić information content (AvgIpc) is 1.90. The largest absolute Gasteiger partial charge is 0.335 e. The summed E-state index contributed by atoms with van der Waals surface area (Å²) >= 11 is 0. The fourth-order valence-corrected chi connectivity index (χ4v) is 0.269. The number of allylic oxidation sites excluding steroid dienone is 1. The molecule has 0 rings (SSSR count). The molecule has 10 heavy (non-hydrogen) atoms. The first kappa shape index (κ1) is 8.74. The van der Waals surface area contributed by atoms with Gasteiger partial charge in [0.1, 0.15) is 0 Å². The molecule has 2 N–H and O–H groups in total. The molecular formula is C5H6F2N2O. The van der Waals surface area contributed by atoms with Crippen LogP contribution in [0.3, 0.4) is 0 Å². The van der Waals surface area contributed by atoms with Crippen LogP contribution in [0, 0.1) is 5.41 Å². The average molecular weight is 148 g/mol. The van der Waals surface area contributed by atoms with E-state index in [2.05, 4.69) is 0 Å². The number of hydrogen-bond donors (Lipinski definition) is 2. The molecule has 5 heteroatoms. The van der Waals surface area contributed by atoms with Gasteiger partial charge in [0.2, 0.25) is 0 Å². The van der Waals surface area contributed by atoms with Crippen LogP contribution in [0.5, 0.6) is 0 Å². The number of alkyl halides is 2. The summed E-state index contributed by atoms with van der Waals surface area (Å²) in [6.07, 6.45) is 1.77. The van der Waals surface area contributed by atoms with Gasteiger partial charge in [-0.15, -0.1) is 0 Å². The molecule has 0 unspecified atom stereocenters. The van der Waals surface area contributed by atoms with E-state index in [0.29, 0.717) is 12.5 Å². The summed E-state index contributed by atoms with van der Waals surface area (Å²) in [5.41, 5.74) is -0.125. The zero-order valence-corrected chi connectivity index (χ0v) is 4.97. The van der Waals surface area contributed by atoms with E-state index in [9.17, 15) is 13.6 Å². The van der Waals surface area contributed by atoms with E-state index in [1.807, 2.05) is 0 Å². The molecule has 0 spiro atoms. The maximum atomic E-state index is 11.3. The molecule has 0 saturated heterocycles. The van der Waals surface area contributed by atoms with Crippen molar-refractivity contribution in [2.45, 2.75) is 6.55 Å². The van der Waals surface area contributed by atoms with Crippen LogP contribution < -0.4 is 5.32 Å². The standard InChI is InChI=1S/C5H6F2N2O/c6-5(7)9-2-4(1-8)3-10/h1-3,5,8-9H/b4-2+,8-1?. The predicted octanol–water partition coefficient (Wildman–Crippen LogP) is 0.531. The Balaban J connectivity index is 3.86. The highest BCUT2D eigenvalue weighted by Crippen LogP contribution is 1.86. The van der Waals surface area contributed by atoms with Crippen LogP contribution in [0.4, 0.5) is 8.78 Å². The normalized spacial score (nSPS) is 11.3. The molecule has 0 bridgehead atoms. The van der Waals surface area contributed by atoms with Gasteiger partial charge in [0.15, 0.2) is 6.29 Å². The smallest absolute Gasteiger partial charge is 0.312 e. The van der Waals surface area contributed by atoms with Crippen molar-refractivity contribution in [1.82, 2.24) is 5.32 Å². The second kappa shape index (κ2) is 4.60. The molecule has 0 radical (unpaired) electrons. The molecule has 0 atom stereocenters. The van der Waals surface area contributed by atoms with Gasteiger partial charge in [-0.25, -0.2) is 0 Å². The van der Waals surface area contributed by atoms with Crippen LogP contribution in [0.15, 0.2) is 11.8 Å². The first-order valence-electron chi connectivity index (χ1n) is 2.40. The maximum Gasteiger partial charge on any atom is 0.312 e. The van der Waals surface area contributed by atoms with Crippen molar-refractivity contribution in [3.63, 3.8) is 0 Å². The van der Waals surface area contributed by atoms with E-state index in [4.69, 9.17) is 5.41 Å². The lowest BCUT2D eigenvalue weighted by Crippen LogP contribution is -2.13. The van der Waals surface area contributed by atoms with Crippen LogP contribution in [0.25, 0.3) is 0 Å². The summed E-state index contributed by atoms with van der Waals surface area (Å²) in [7, 11) is 0. The van der Waals surface area contributed by atoms with Crippen LogP contribution in [-0.4, -0.2) is 19.1 Å². The zero-order chi connectivity index (χ0) is 7.98. The lowest BCUT2D eigenvalue weighted by Gasteiger charge is -1.95. The van der Waals surface area contributed by atoms with Gasteiger partial charge >= 0.3 is 6.55 Å². The minimum absolute atomic E-state index is 0.125. The second-order valence-electron chi connectivity index (χ2n) is 1.37. The van der Waals surface area contributed by atoms with E-state index in [1.54, 1.807) is 5.32 Å². The van der Waals surface area contributed by atoms with Gasteiger partial charge in [-0.3, -0.25) is 4.79 Å². The Bertz CT molecular complexity index is 146. The van der Waals surface area contributed by atoms with Crippen molar-refractivity contribution in [2.24, 2.45) is 0 Å². The number of halogens is 2. The summed E-state index contributed by atoms with van der Waals surface area (Å²) in [5.74, 6) is 0. The first-order valence-corrected chi connectivity index (χ1v) is 2.40. The highest BCUT2D eigenvalue weighted by molar-refractivity contribution is 6.00. The van der Waals surface area contributed by atoms with Crippen molar-refractivity contribution in [2.75, 3.05) is 0 Å². The molecule has 0 aromatic carbocycles. The molecular weight excluding hydrogens is 142 g/mol. The monoisotopic (exact) mass is 148 g/mol. The Labute approximate surface area is 56.2 Å². The summed E-state index contributed by atoms with van der Waals surface area (Å²) in [4.78, 5) is 9.84. The number of aldehydes is 1. The molecule has 0 amide bonds. The Morgan fingerprint density at radius 2 is 2.20 bits per heavy atom. The van der Waals surface area contributed by atoms with Gasteiger partial charge < -0.3 is 10.7 Å². The summed E-state index contributed by atoms with van der Waals surface area (Å²) in [5, 5.41) is 8.06. The third-order valence-corrected chi connectivity index (χ3v) is 0.679. The second-order valence-corrected chi connectivity index (χ2v) is 1.37. The van der Waals surface area contributed by atoms with E-state index in [1.165, 1.54) is 0 Å². The van der Waals surface area contributed by atoms with Crippen LogP contribution in [0.1, 0.15) is 0 Å². The lowest BCUT2D eigenvalue weighted by molar-refractivity contribution is -0.104. The van der Waals surface area contributed by atoms with Gasteiger partial charge in [-0.1, -0.05) is 0 Å². The highest BCUT2D eigenvalue weighted by Gasteiger charge is 1.95. The molecule has 0 heterocycles. The molecule has 0 aliphatic rings. The molecule has 3 nitrogen and oxygen atoms in total. The number of hydrogen-bond acceptors (Lipinski definition) is 3. The summed E-state index contributed by atoms with van der Waals surface area (Å²) < 4.78 is 22.6. The molecule has 0 aromatic rings. The van der Waals surface area contributed by atoms with Crippen molar-refractivity contribution in [3.05, 3.63) is 11.8 Å². The molecule has 0 aliphatic heterocycles. The highest BCUT2D eigenvalue weighted by atomic mass is 19.3. The topological polar surface area (TPSA) is 53.0 Å². The number of rotatable bonds is 4. The van der Waals surface area contributed by atoms with Gasteiger partial charge in [0, 0.05) is 18.0 Å². The molecule has 0 fully saturated rings. The van der Waals surface area contributed by atoms with Crippen LogP contribution in [0.2, 0.25) is 0 Å². The molecule has 56 valence electrons. The van der Waals surface area contributed by atoms with E-state index < -0.39 is 6.55 Å². The predicted molar refractivity (Wildman–Crippen MR) is 32.1 cm³/mol. The zero-order valence-electron chi connectivity index (χ0n) is 4.97. The van der Waals surface area contributed by atoms with Crippen molar-refractivity contribution in [1.29, 1.82) is 5.41 Å². The van der Waals surface area contributed by atoms with Gasteiger partial charge in [0.25, 0.3) is 0 Å². The summed E-state index contributed by atoms with van der Waals surface area (Å²) in [6, 6.07) is 0. The Morgan fingerprint density at radius 3 is 2.50 bits per heavy atom. The van der Waals surface area contributed by atoms with Crippen LogP contribution in [-0.2, 0) is 4.79 Å². The fraction of sp³-hybridized carbons (Fsp3) is 0.200. The van der Waals surface area contributed by atoms with Crippen LogP contribution >= 0.6 is 0 Å². The Hall–Kier alpha value is -1.26. The third-order valence-electron chi connectivity index (χ3n) is 0.679. The molecule has 0 aliphatic carbocycles. The number of carbonyl (C=O) groups is 1. The van der Waals surface area contributed by atoms with E-state index >= 15 is 0 Å². The summed E-state index contributed by atoms with van der Waals surface area (Å²) in [6.45, 7) is -2.70. The number of nitrogens with one attached hydrogen (secondary N) is 2. The maximum absolute atomic E-state index is 11.3. The minimum atomic E-state index is -2.70.